The highest BCUT2D eigenvalue weighted by Gasteiger charge is 2.29. The minimum absolute atomic E-state index is 0.0301. The summed E-state index contributed by atoms with van der Waals surface area (Å²) in [5, 5.41) is 15.1. The van der Waals surface area contributed by atoms with E-state index in [9.17, 15) is 9.90 Å². The minimum Gasteiger partial charge on any atom is -0.871 e. The largest absolute Gasteiger partial charge is 0.871 e. The Kier molecular flexibility index (Phi) is 10.2. The molecule has 0 bridgehead atoms. The van der Waals surface area contributed by atoms with Gasteiger partial charge in [-0.3, -0.25) is 4.79 Å². The topological polar surface area (TPSA) is 60.7 Å². The van der Waals surface area contributed by atoms with Gasteiger partial charge in [-0.2, -0.15) is 0 Å². The van der Waals surface area contributed by atoms with Crippen LogP contribution in [-0.2, 0) is 9.53 Å². The van der Waals surface area contributed by atoms with Gasteiger partial charge in [-0.25, -0.2) is 4.42 Å². The quantitative estimate of drug-likeness (QED) is 0.0974. The number of carbonyl (C=O) groups is 1. The molecule has 1 aromatic heterocycles. The van der Waals surface area contributed by atoms with E-state index in [0.717, 1.165) is 22.3 Å². The fourth-order valence-corrected chi connectivity index (χ4v) is 7.08. The lowest BCUT2D eigenvalue weighted by atomic mass is 9.85. The smallest absolute Gasteiger partial charge is 0.361 e. The van der Waals surface area contributed by atoms with Crippen LogP contribution >= 0.6 is 69.6 Å². The van der Waals surface area contributed by atoms with Crippen LogP contribution in [0.15, 0.2) is 130 Å². The summed E-state index contributed by atoms with van der Waals surface area (Å²) in [6, 6.07) is 25.5. The third-order valence-corrected chi connectivity index (χ3v) is 11.0. The summed E-state index contributed by atoms with van der Waals surface area (Å²) in [6.07, 6.45) is 6.62. The minimum atomic E-state index is -0.403. The van der Waals surface area contributed by atoms with Gasteiger partial charge in [0, 0.05) is 22.3 Å². The van der Waals surface area contributed by atoms with Crippen molar-refractivity contribution in [2.45, 2.75) is 13.8 Å². The lowest BCUT2D eigenvalue weighted by Gasteiger charge is -2.29. The van der Waals surface area contributed by atoms with E-state index < -0.39 is 11.5 Å². The number of allylic oxidation sites excluding steroid dienone is 6. The number of Topliss-reactive ketones (excluding diaryl/α,β-unsaturated/α-hetero) is 1. The highest BCUT2D eigenvalue weighted by atomic mass is 35.5. The molecule has 10 heteroatoms. The van der Waals surface area contributed by atoms with E-state index in [1.165, 1.54) is 0 Å². The average molecular weight is 805 g/mol. The van der Waals surface area contributed by atoms with Crippen molar-refractivity contribution in [3.05, 3.63) is 184 Å². The van der Waals surface area contributed by atoms with E-state index in [0.29, 0.717) is 45.3 Å². The van der Waals surface area contributed by atoms with E-state index in [1.54, 1.807) is 60.7 Å². The molecule has 5 aromatic rings. The zero-order chi connectivity index (χ0) is 36.8. The van der Waals surface area contributed by atoms with Gasteiger partial charge in [-0.1, -0.05) is 118 Å². The van der Waals surface area contributed by atoms with Crippen LogP contribution in [0.2, 0.25) is 30.1 Å². The number of carbonyl (C=O) groups excluding carboxylic acids is 1. The number of hydrogen-bond acceptors (Lipinski definition) is 3. The molecule has 0 fully saturated rings. The molecule has 0 radical (unpaired) electrons. The van der Waals surface area contributed by atoms with Crippen molar-refractivity contribution in [3.8, 4) is 22.6 Å². The molecule has 1 aliphatic carbocycles. The summed E-state index contributed by atoms with van der Waals surface area (Å²) in [4.78, 5) is 13.7. The van der Waals surface area contributed by atoms with Crippen molar-refractivity contribution in [2.75, 3.05) is 0 Å². The average Bonchev–Trinajstić information content (AvgIpc) is 3.13. The predicted molar refractivity (Wildman–Crippen MR) is 212 cm³/mol. The van der Waals surface area contributed by atoms with Crippen molar-refractivity contribution < 1.29 is 19.1 Å². The van der Waals surface area contributed by atoms with Gasteiger partial charge < -0.3 is 9.84 Å². The van der Waals surface area contributed by atoms with Crippen molar-refractivity contribution in [1.29, 1.82) is 0 Å². The first kappa shape index (κ1) is 36.1. The molecule has 2 heterocycles. The second-order valence-corrected chi connectivity index (χ2v) is 14.5. The fourth-order valence-electron chi connectivity index (χ4n) is 5.88. The molecular weight excluding hydrogens is 781 g/mol. The molecule has 258 valence electrons. The van der Waals surface area contributed by atoms with Gasteiger partial charge >= 0.3 is 11.5 Å². The molecule has 4 aromatic carbocycles. The molecule has 0 saturated heterocycles. The van der Waals surface area contributed by atoms with E-state index >= 15 is 0 Å². The number of hydrogen-bond donors (Lipinski definition) is 0. The maximum atomic E-state index is 13.7. The normalized spacial score (nSPS) is 15.8. The molecule has 0 spiro atoms. The first-order valence-electron chi connectivity index (χ1n) is 15.8. The fraction of sp³-hybridized carbons (Fsp3) is 0.0476. The summed E-state index contributed by atoms with van der Waals surface area (Å²) in [6.45, 7) is 3.93. The van der Waals surface area contributed by atoms with Crippen molar-refractivity contribution in [3.63, 3.8) is 0 Å². The van der Waals surface area contributed by atoms with Gasteiger partial charge in [-0.05, 0) is 90.7 Å². The summed E-state index contributed by atoms with van der Waals surface area (Å²) in [5.41, 5.74) is 5.94. The Hall–Kier alpha value is -4.26. The Bertz CT molecular complexity index is 2460. The number of halogens is 6. The molecule has 52 heavy (non-hydrogen) atoms. The van der Waals surface area contributed by atoms with Gasteiger partial charge in [0.2, 0.25) is 0 Å². The van der Waals surface area contributed by atoms with Crippen LogP contribution in [-0.4, -0.2) is 5.78 Å². The van der Waals surface area contributed by atoms with E-state index in [-0.39, 0.29) is 41.3 Å². The Morgan fingerprint density at radius 2 is 1.15 bits per heavy atom. The molecule has 0 amide bonds. The number of ketones is 1. The third-order valence-electron chi connectivity index (χ3n) is 8.59. The van der Waals surface area contributed by atoms with Crippen molar-refractivity contribution in [2.24, 2.45) is 0 Å². The van der Waals surface area contributed by atoms with Gasteiger partial charge in [0.25, 0.3) is 0 Å². The maximum Gasteiger partial charge on any atom is 0.361 e. The van der Waals surface area contributed by atoms with Crippen LogP contribution in [0.4, 0.5) is 0 Å². The second-order valence-electron chi connectivity index (χ2n) is 12.2. The van der Waals surface area contributed by atoms with Gasteiger partial charge in [0.05, 0.1) is 53.4 Å². The zero-order valence-electron chi connectivity index (χ0n) is 27.3. The first-order chi connectivity index (χ1) is 24.9. The van der Waals surface area contributed by atoms with Crippen molar-refractivity contribution >= 4 is 93.0 Å². The lowest BCUT2D eigenvalue weighted by Crippen LogP contribution is -2.29. The molecular formula is C42H24Cl6O4. The van der Waals surface area contributed by atoms with Crippen LogP contribution < -0.4 is 5.11 Å². The monoisotopic (exact) mass is 802 g/mol. The van der Waals surface area contributed by atoms with Crippen LogP contribution in [0.5, 0.6) is 0 Å². The summed E-state index contributed by atoms with van der Waals surface area (Å²) in [7, 11) is 0. The number of rotatable bonds is 6. The molecule has 0 atom stereocenters. The first-order valence-corrected chi connectivity index (χ1v) is 18.1. The van der Waals surface area contributed by atoms with E-state index in [2.05, 4.69) is 0 Å². The Morgan fingerprint density at radius 1 is 0.635 bits per heavy atom. The highest BCUT2D eigenvalue weighted by molar-refractivity contribution is 6.49. The summed E-state index contributed by atoms with van der Waals surface area (Å²) >= 11 is 37.9. The standard InChI is InChI=1S/C42H24Cl6O4/c1-21-7-3-5-9-27(21)37-15-23(13-35(51-37)25-17-31(43)39(47)32(44)18-25)11-29-41(49)30(42(29)50)12-24-14-36(26-19-33(45)40(48)34(46)20-26)52-38(16-24)28-10-6-4-8-22(28)2/h3-20H,1-2H3. The molecule has 1 aliphatic heterocycles. The number of ether oxygens (including phenoxy) is 1. The van der Waals surface area contributed by atoms with Gasteiger partial charge in [0.15, 0.2) is 5.78 Å². The number of aryl methyl sites for hydroxylation is 2. The van der Waals surface area contributed by atoms with Gasteiger partial charge in [0.1, 0.15) is 11.5 Å². The second kappa shape index (κ2) is 14.6. The third kappa shape index (κ3) is 7.08. The molecule has 0 saturated carbocycles. The van der Waals surface area contributed by atoms with Crippen LogP contribution in [0.1, 0.15) is 27.8 Å². The van der Waals surface area contributed by atoms with Gasteiger partial charge in [-0.15, -0.1) is 0 Å². The molecule has 0 unspecified atom stereocenters. The Morgan fingerprint density at radius 3 is 1.73 bits per heavy atom. The lowest BCUT2D eigenvalue weighted by molar-refractivity contribution is -0.300. The summed E-state index contributed by atoms with van der Waals surface area (Å²) < 4.78 is 12.7. The Labute approximate surface area is 330 Å². The maximum absolute atomic E-state index is 13.7. The van der Waals surface area contributed by atoms with E-state index in [1.807, 2.05) is 62.4 Å². The van der Waals surface area contributed by atoms with E-state index in [4.69, 9.17) is 78.8 Å². The van der Waals surface area contributed by atoms with Crippen molar-refractivity contribution in [1.82, 2.24) is 0 Å². The number of benzene rings is 4. The highest BCUT2D eigenvalue weighted by Crippen LogP contribution is 2.41. The molecule has 7 rings (SSSR count). The predicted octanol–water partition coefficient (Wildman–Crippen LogP) is 13.1. The zero-order valence-corrected chi connectivity index (χ0v) is 31.8. The van der Waals surface area contributed by atoms with Crippen LogP contribution in [0.25, 0.3) is 40.2 Å². The summed E-state index contributed by atoms with van der Waals surface area (Å²) in [5.74, 6) is 1.06. The van der Waals surface area contributed by atoms with Crippen LogP contribution in [0.3, 0.4) is 0 Å². The molecule has 0 N–H and O–H groups in total. The molecule has 4 nitrogen and oxygen atoms in total. The SMILES string of the molecule is Cc1ccccc1C1=CC(=CC2=C([O-])C(=Cc3cc(-c4cc(Cl)c(Cl)c(Cl)c4)[o+]c(-c4ccccc4C)c3)C2=O)C=C(c2cc(Cl)c(Cl)c(Cl)c2)O1. The molecule has 2 aliphatic rings. The Balaban J connectivity index is 1.32. The van der Waals surface area contributed by atoms with Crippen LogP contribution in [0, 0.1) is 13.8 Å².